The van der Waals surface area contributed by atoms with Crippen LogP contribution in [0.25, 0.3) is 0 Å². The summed E-state index contributed by atoms with van der Waals surface area (Å²) in [6.07, 6.45) is 2.49. The van der Waals surface area contributed by atoms with E-state index in [0.29, 0.717) is 12.3 Å². The Morgan fingerprint density at radius 3 is 2.77 bits per heavy atom. The lowest BCUT2D eigenvalue weighted by Gasteiger charge is -2.17. The number of amides is 1. The number of rotatable bonds is 7. The summed E-state index contributed by atoms with van der Waals surface area (Å²) in [5, 5.41) is 9.94. The maximum Gasteiger partial charge on any atom is 0.272 e. The SMILES string of the molecule is CCC(NC(=O)c1cc(COc2ccccc2)[nH]n1)c1ncccc1C. The van der Waals surface area contributed by atoms with Gasteiger partial charge in [0.15, 0.2) is 0 Å². The molecule has 0 spiro atoms. The van der Waals surface area contributed by atoms with Gasteiger partial charge in [0.25, 0.3) is 5.91 Å². The van der Waals surface area contributed by atoms with Crippen molar-refractivity contribution in [3.05, 3.63) is 77.4 Å². The zero-order valence-electron chi connectivity index (χ0n) is 14.9. The molecule has 3 rings (SSSR count). The largest absolute Gasteiger partial charge is 0.487 e. The molecule has 1 amide bonds. The first-order chi connectivity index (χ1) is 12.7. The summed E-state index contributed by atoms with van der Waals surface area (Å²) in [5.74, 6) is 0.536. The highest BCUT2D eigenvalue weighted by Crippen LogP contribution is 2.18. The molecule has 2 N–H and O–H groups in total. The van der Waals surface area contributed by atoms with Crippen molar-refractivity contribution in [2.24, 2.45) is 0 Å². The molecular weight excluding hydrogens is 328 g/mol. The second-order valence-corrected chi connectivity index (χ2v) is 6.02. The summed E-state index contributed by atoms with van der Waals surface area (Å²) in [4.78, 5) is 16.9. The van der Waals surface area contributed by atoms with Crippen molar-refractivity contribution >= 4 is 5.91 Å². The Labute approximate surface area is 152 Å². The number of benzene rings is 1. The summed E-state index contributed by atoms with van der Waals surface area (Å²) >= 11 is 0. The molecule has 2 aromatic heterocycles. The Kier molecular flexibility index (Phi) is 5.63. The van der Waals surface area contributed by atoms with E-state index < -0.39 is 0 Å². The van der Waals surface area contributed by atoms with E-state index >= 15 is 0 Å². The number of nitrogens with zero attached hydrogens (tertiary/aromatic N) is 2. The highest BCUT2D eigenvalue weighted by atomic mass is 16.5. The number of pyridine rings is 1. The molecule has 0 saturated heterocycles. The molecule has 0 fully saturated rings. The summed E-state index contributed by atoms with van der Waals surface area (Å²) < 4.78 is 5.66. The molecule has 0 saturated carbocycles. The van der Waals surface area contributed by atoms with Gasteiger partial charge < -0.3 is 10.1 Å². The zero-order valence-corrected chi connectivity index (χ0v) is 14.9. The number of hydrogen-bond donors (Lipinski definition) is 2. The molecule has 1 unspecified atom stereocenters. The van der Waals surface area contributed by atoms with Crippen LogP contribution in [-0.4, -0.2) is 21.1 Å². The molecule has 2 heterocycles. The molecule has 3 aromatic rings. The summed E-state index contributed by atoms with van der Waals surface area (Å²) in [5.41, 5.74) is 3.01. The van der Waals surface area contributed by atoms with Crippen LogP contribution in [0, 0.1) is 6.92 Å². The summed E-state index contributed by atoms with van der Waals surface area (Å²) in [6.45, 7) is 4.33. The standard InChI is InChI=1S/C20H22N4O2/c1-3-17(19-14(2)8-7-11-21-19)22-20(25)18-12-15(23-24-18)13-26-16-9-5-4-6-10-16/h4-12,17H,3,13H2,1-2H3,(H,22,25)(H,23,24). The Balaban J connectivity index is 1.63. The van der Waals surface area contributed by atoms with Gasteiger partial charge in [-0.3, -0.25) is 14.9 Å². The van der Waals surface area contributed by atoms with Crippen LogP contribution in [0.5, 0.6) is 5.75 Å². The van der Waals surface area contributed by atoms with Crippen molar-refractivity contribution in [3.8, 4) is 5.75 Å². The number of carbonyl (C=O) groups excluding carboxylic acids is 1. The molecule has 26 heavy (non-hydrogen) atoms. The van der Waals surface area contributed by atoms with Gasteiger partial charge in [-0.25, -0.2) is 0 Å². The van der Waals surface area contributed by atoms with Crippen LogP contribution in [0.3, 0.4) is 0 Å². The first-order valence-corrected chi connectivity index (χ1v) is 8.62. The molecular formula is C20H22N4O2. The number of ether oxygens (including phenoxy) is 1. The van der Waals surface area contributed by atoms with E-state index in [0.717, 1.165) is 29.1 Å². The Hall–Kier alpha value is -3.15. The first kappa shape index (κ1) is 17.7. The first-order valence-electron chi connectivity index (χ1n) is 8.62. The molecule has 1 aromatic carbocycles. The van der Waals surface area contributed by atoms with Gasteiger partial charge in [0.05, 0.1) is 17.4 Å². The predicted octanol–water partition coefficient (Wildman–Crippen LogP) is 3.57. The Bertz CT molecular complexity index is 861. The molecule has 134 valence electrons. The van der Waals surface area contributed by atoms with Crippen LogP contribution in [-0.2, 0) is 6.61 Å². The fraction of sp³-hybridized carbons (Fsp3) is 0.250. The van der Waals surface area contributed by atoms with Gasteiger partial charge >= 0.3 is 0 Å². The third-order valence-corrected chi connectivity index (χ3v) is 4.09. The zero-order chi connectivity index (χ0) is 18.4. The number of nitrogens with one attached hydrogen (secondary N) is 2. The third-order valence-electron chi connectivity index (χ3n) is 4.09. The van der Waals surface area contributed by atoms with Crippen LogP contribution in [0.15, 0.2) is 54.7 Å². The average molecular weight is 350 g/mol. The minimum absolute atomic E-state index is 0.149. The fourth-order valence-electron chi connectivity index (χ4n) is 2.69. The van der Waals surface area contributed by atoms with Crippen molar-refractivity contribution in [3.63, 3.8) is 0 Å². The van der Waals surface area contributed by atoms with Crippen molar-refractivity contribution in [1.82, 2.24) is 20.5 Å². The monoisotopic (exact) mass is 350 g/mol. The van der Waals surface area contributed by atoms with E-state index in [2.05, 4.69) is 20.5 Å². The van der Waals surface area contributed by atoms with Crippen molar-refractivity contribution < 1.29 is 9.53 Å². The Morgan fingerprint density at radius 1 is 1.23 bits per heavy atom. The number of aromatic nitrogens is 3. The van der Waals surface area contributed by atoms with E-state index in [1.807, 2.05) is 56.3 Å². The summed E-state index contributed by atoms with van der Waals surface area (Å²) in [7, 11) is 0. The smallest absolute Gasteiger partial charge is 0.272 e. The Morgan fingerprint density at radius 2 is 2.04 bits per heavy atom. The van der Waals surface area contributed by atoms with Crippen molar-refractivity contribution in [2.75, 3.05) is 0 Å². The molecule has 6 nitrogen and oxygen atoms in total. The van der Waals surface area contributed by atoms with Gasteiger partial charge in [-0.15, -0.1) is 0 Å². The van der Waals surface area contributed by atoms with Crippen LogP contribution in [0.4, 0.5) is 0 Å². The third kappa shape index (κ3) is 4.27. The molecule has 1 atom stereocenters. The highest BCUT2D eigenvalue weighted by molar-refractivity contribution is 5.92. The minimum atomic E-state index is -0.232. The van der Waals surface area contributed by atoms with Crippen LogP contribution < -0.4 is 10.1 Å². The van der Waals surface area contributed by atoms with Gasteiger partial charge in [0, 0.05) is 6.20 Å². The van der Waals surface area contributed by atoms with Gasteiger partial charge in [-0.1, -0.05) is 31.2 Å². The van der Waals surface area contributed by atoms with Gasteiger partial charge in [0.1, 0.15) is 18.1 Å². The normalized spacial score (nSPS) is 11.8. The van der Waals surface area contributed by atoms with Crippen LogP contribution >= 0.6 is 0 Å². The molecule has 0 radical (unpaired) electrons. The van der Waals surface area contributed by atoms with Crippen molar-refractivity contribution in [1.29, 1.82) is 0 Å². The minimum Gasteiger partial charge on any atom is -0.487 e. The number of carbonyl (C=O) groups is 1. The lowest BCUT2D eigenvalue weighted by Crippen LogP contribution is -2.29. The highest BCUT2D eigenvalue weighted by Gasteiger charge is 2.18. The lowest BCUT2D eigenvalue weighted by atomic mass is 10.1. The molecule has 0 aliphatic rings. The van der Waals surface area contributed by atoms with E-state index in [9.17, 15) is 4.79 Å². The van der Waals surface area contributed by atoms with E-state index in [1.54, 1.807) is 12.3 Å². The maximum absolute atomic E-state index is 12.5. The van der Waals surface area contributed by atoms with Gasteiger partial charge in [0.2, 0.25) is 0 Å². The number of para-hydroxylation sites is 1. The van der Waals surface area contributed by atoms with Crippen molar-refractivity contribution in [2.45, 2.75) is 32.9 Å². The van der Waals surface area contributed by atoms with Gasteiger partial charge in [-0.05, 0) is 43.2 Å². The molecule has 0 aliphatic carbocycles. The number of aryl methyl sites for hydroxylation is 1. The predicted molar refractivity (Wildman–Crippen MR) is 98.8 cm³/mol. The van der Waals surface area contributed by atoms with Gasteiger partial charge in [-0.2, -0.15) is 5.10 Å². The quantitative estimate of drug-likeness (QED) is 0.683. The number of aromatic amines is 1. The fourth-order valence-corrected chi connectivity index (χ4v) is 2.69. The second kappa shape index (κ2) is 8.29. The average Bonchev–Trinajstić information content (AvgIpc) is 3.15. The topological polar surface area (TPSA) is 79.9 Å². The number of H-pyrrole nitrogens is 1. The molecule has 0 bridgehead atoms. The van der Waals surface area contributed by atoms with Crippen LogP contribution in [0.1, 0.15) is 46.8 Å². The molecule has 0 aliphatic heterocycles. The second-order valence-electron chi connectivity index (χ2n) is 6.02. The number of hydrogen-bond acceptors (Lipinski definition) is 4. The van der Waals surface area contributed by atoms with Crippen LogP contribution in [0.2, 0.25) is 0 Å². The lowest BCUT2D eigenvalue weighted by molar-refractivity contribution is 0.0929. The van der Waals surface area contributed by atoms with E-state index in [1.165, 1.54) is 0 Å². The van der Waals surface area contributed by atoms with E-state index in [-0.39, 0.29) is 11.9 Å². The van der Waals surface area contributed by atoms with E-state index in [4.69, 9.17) is 4.74 Å². The molecule has 6 heteroatoms. The maximum atomic E-state index is 12.5. The summed E-state index contributed by atoms with van der Waals surface area (Å²) in [6, 6.07) is 14.9.